The van der Waals surface area contributed by atoms with E-state index in [0.717, 1.165) is 48.6 Å². The Morgan fingerprint density at radius 2 is 1.64 bits per heavy atom. The predicted octanol–water partition coefficient (Wildman–Crippen LogP) is 4.60. The summed E-state index contributed by atoms with van der Waals surface area (Å²) < 4.78 is 1.78. The first kappa shape index (κ1) is 20.9. The summed E-state index contributed by atoms with van der Waals surface area (Å²) >= 11 is 0. The number of amides is 1. The van der Waals surface area contributed by atoms with E-state index < -0.39 is 0 Å². The highest BCUT2D eigenvalue weighted by atomic mass is 16.2. The third-order valence-electron chi connectivity index (χ3n) is 6.11. The molecule has 0 spiro atoms. The molecular weight excluding hydrogens is 410 g/mol. The largest absolute Gasteiger partial charge is 0.369 e. The van der Waals surface area contributed by atoms with Crippen molar-refractivity contribution in [1.29, 1.82) is 0 Å². The topological polar surface area (TPSA) is 54.3 Å². The van der Waals surface area contributed by atoms with Crippen molar-refractivity contribution in [3.63, 3.8) is 0 Å². The van der Waals surface area contributed by atoms with Gasteiger partial charge in [-0.15, -0.1) is 0 Å². The van der Waals surface area contributed by atoms with E-state index in [-0.39, 0.29) is 5.91 Å². The third kappa shape index (κ3) is 4.37. The molecule has 4 aromatic rings. The van der Waals surface area contributed by atoms with Crippen LogP contribution in [0.3, 0.4) is 0 Å². The predicted molar refractivity (Wildman–Crippen MR) is 131 cm³/mol. The van der Waals surface area contributed by atoms with Gasteiger partial charge in [0.2, 0.25) is 0 Å². The monoisotopic (exact) mass is 437 g/mol. The average molecular weight is 438 g/mol. The van der Waals surface area contributed by atoms with Gasteiger partial charge in [-0.1, -0.05) is 48.5 Å². The zero-order chi connectivity index (χ0) is 22.6. The fourth-order valence-electron chi connectivity index (χ4n) is 4.39. The molecule has 1 amide bonds. The van der Waals surface area contributed by atoms with E-state index in [1.54, 1.807) is 4.68 Å². The van der Waals surface area contributed by atoms with Crippen LogP contribution in [0.25, 0.3) is 16.9 Å². The summed E-state index contributed by atoms with van der Waals surface area (Å²) in [7, 11) is 0. The zero-order valence-electron chi connectivity index (χ0n) is 18.8. The number of pyridine rings is 1. The molecule has 0 aliphatic carbocycles. The normalized spacial score (nSPS) is 14.2. The van der Waals surface area contributed by atoms with E-state index in [0.29, 0.717) is 12.2 Å². The number of para-hydroxylation sites is 1. The molecule has 1 saturated heterocycles. The number of benzene rings is 2. The number of aromatic nitrogens is 3. The van der Waals surface area contributed by atoms with Gasteiger partial charge >= 0.3 is 0 Å². The summed E-state index contributed by atoms with van der Waals surface area (Å²) in [6.07, 6.45) is 4.64. The Balaban J connectivity index is 1.44. The van der Waals surface area contributed by atoms with Crippen LogP contribution in [0.5, 0.6) is 0 Å². The maximum Gasteiger partial charge on any atom is 0.272 e. The Hall–Kier alpha value is -3.93. The second-order valence-electron chi connectivity index (χ2n) is 8.32. The lowest BCUT2D eigenvalue weighted by Gasteiger charge is -2.25. The van der Waals surface area contributed by atoms with Crippen LogP contribution in [0.15, 0.2) is 85.2 Å². The van der Waals surface area contributed by atoms with Crippen molar-refractivity contribution < 1.29 is 4.79 Å². The molecule has 2 aromatic carbocycles. The zero-order valence-corrected chi connectivity index (χ0v) is 18.8. The Morgan fingerprint density at radius 3 is 2.39 bits per heavy atom. The number of aryl methyl sites for hydroxylation is 1. The van der Waals surface area contributed by atoms with Gasteiger partial charge in [0.15, 0.2) is 0 Å². The van der Waals surface area contributed by atoms with Crippen molar-refractivity contribution in [1.82, 2.24) is 19.7 Å². The van der Waals surface area contributed by atoms with Gasteiger partial charge in [-0.2, -0.15) is 5.10 Å². The summed E-state index contributed by atoms with van der Waals surface area (Å²) in [6, 6.07) is 23.8. The van der Waals surface area contributed by atoms with Crippen LogP contribution in [0.1, 0.15) is 22.5 Å². The number of rotatable bonds is 4. The van der Waals surface area contributed by atoms with Crippen LogP contribution >= 0.6 is 0 Å². The molecule has 5 rings (SSSR count). The SMILES string of the molecule is Cc1cnccc1N1CCCN(C(=O)c2cc(-c3ccccc3)nn2-c2ccccc2)CC1. The molecule has 1 aliphatic heterocycles. The molecule has 2 aromatic heterocycles. The summed E-state index contributed by atoms with van der Waals surface area (Å²) in [5.74, 6) is 0.0156. The molecule has 0 atom stereocenters. The molecule has 166 valence electrons. The van der Waals surface area contributed by atoms with Crippen LogP contribution in [-0.2, 0) is 0 Å². The number of carbonyl (C=O) groups excluding carboxylic acids is 1. The third-order valence-corrected chi connectivity index (χ3v) is 6.11. The van der Waals surface area contributed by atoms with E-state index in [9.17, 15) is 4.79 Å². The van der Waals surface area contributed by atoms with Gasteiger partial charge in [-0.05, 0) is 43.2 Å². The van der Waals surface area contributed by atoms with Crippen LogP contribution < -0.4 is 4.90 Å². The van der Waals surface area contributed by atoms with Gasteiger partial charge in [0.1, 0.15) is 5.69 Å². The van der Waals surface area contributed by atoms with Gasteiger partial charge in [0.25, 0.3) is 5.91 Å². The molecule has 1 aliphatic rings. The van der Waals surface area contributed by atoms with Crippen molar-refractivity contribution in [2.75, 3.05) is 31.1 Å². The summed E-state index contributed by atoms with van der Waals surface area (Å²) in [5, 5.41) is 4.82. The van der Waals surface area contributed by atoms with E-state index in [1.165, 1.54) is 5.69 Å². The lowest BCUT2D eigenvalue weighted by atomic mass is 10.1. The van der Waals surface area contributed by atoms with Gasteiger partial charge in [-0.3, -0.25) is 9.78 Å². The van der Waals surface area contributed by atoms with Gasteiger partial charge in [0.05, 0.1) is 11.4 Å². The van der Waals surface area contributed by atoms with Gasteiger partial charge in [-0.25, -0.2) is 4.68 Å². The first-order valence-electron chi connectivity index (χ1n) is 11.4. The highest BCUT2D eigenvalue weighted by molar-refractivity contribution is 5.94. The first-order valence-corrected chi connectivity index (χ1v) is 11.4. The molecule has 3 heterocycles. The van der Waals surface area contributed by atoms with Crippen LogP contribution in [-0.4, -0.2) is 51.8 Å². The fraction of sp³-hybridized carbons (Fsp3) is 0.222. The average Bonchev–Trinajstić information content (AvgIpc) is 3.17. The number of carbonyl (C=O) groups is 1. The molecular formula is C27H27N5O. The Bertz CT molecular complexity index is 1240. The minimum atomic E-state index is 0.0156. The highest BCUT2D eigenvalue weighted by Crippen LogP contribution is 2.24. The maximum atomic E-state index is 13.7. The smallest absolute Gasteiger partial charge is 0.272 e. The maximum absolute atomic E-state index is 13.7. The Morgan fingerprint density at radius 1 is 0.879 bits per heavy atom. The Labute approximate surface area is 194 Å². The summed E-state index contributed by atoms with van der Waals surface area (Å²) in [4.78, 5) is 22.3. The summed E-state index contributed by atoms with van der Waals surface area (Å²) in [6.45, 7) is 5.18. The van der Waals surface area contributed by atoms with Gasteiger partial charge in [0, 0.05) is 49.8 Å². The minimum Gasteiger partial charge on any atom is -0.369 e. The summed E-state index contributed by atoms with van der Waals surface area (Å²) in [5.41, 5.74) is 5.62. The van der Waals surface area contributed by atoms with E-state index in [2.05, 4.69) is 22.9 Å². The number of hydrogen-bond acceptors (Lipinski definition) is 4. The van der Waals surface area contributed by atoms with Crippen LogP contribution in [0.4, 0.5) is 5.69 Å². The van der Waals surface area contributed by atoms with Crippen LogP contribution in [0.2, 0.25) is 0 Å². The van der Waals surface area contributed by atoms with E-state index in [1.807, 2.05) is 84.0 Å². The molecule has 6 heteroatoms. The number of anilines is 1. The molecule has 0 radical (unpaired) electrons. The van der Waals surface area contributed by atoms with Crippen molar-refractivity contribution in [3.05, 3.63) is 96.4 Å². The van der Waals surface area contributed by atoms with E-state index >= 15 is 0 Å². The highest BCUT2D eigenvalue weighted by Gasteiger charge is 2.25. The molecule has 6 nitrogen and oxygen atoms in total. The van der Waals surface area contributed by atoms with Crippen molar-refractivity contribution >= 4 is 11.6 Å². The lowest BCUT2D eigenvalue weighted by molar-refractivity contribution is 0.0758. The first-order chi connectivity index (χ1) is 16.2. The molecule has 0 unspecified atom stereocenters. The lowest BCUT2D eigenvalue weighted by Crippen LogP contribution is -2.36. The molecule has 0 saturated carbocycles. The van der Waals surface area contributed by atoms with E-state index in [4.69, 9.17) is 5.10 Å². The standard InChI is InChI=1S/C27H27N5O/c1-21-20-28-14-13-25(21)30-15-8-16-31(18-17-30)27(33)26-19-24(22-9-4-2-5-10-22)29-32(26)23-11-6-3-7-12-23/h2-7,9-14,19-20H,8,15-18H2,1H3. The Kier molecular flexibility index (Phi) is 5.89. The second kappa shape index (κ2) is 9.28. The molecule has 0 bridgehead atoms. The second-order valence-corrected chi connectivity index (χ2v) is 8.32. The molecule has 1 fully saturated rings. The van der Waals surface area contributed by atoms with Crippen LogP contribution in [0, 0.1) is 6.92 Å². The fourth-order valence-corrected chi connectivity index (χ4v) is 4.39. The quantitative estimate of drug-likeness (QED) is 0.468. The molecule has 33 heavy (non-hydrogen) atoms. The number of hydrogen-bond donors (Lipinski definition) is 0. The molecule has 0 N–H and O–H groups in total. The van der Waals surface area contributed by atoms with Crippen molar-refractivity contribution in [2.24, 2.45) is 0 Å². The van der Waals surface area contributed by atoms with Crippen molar-refractivity contribution in [3.8, 4) is 16.9 Å². The van der Waals surface area contributed by atoms with Crippen molar-refractivity contribution in [2.45, 2.75) is 13.3 Å². The van der Waals surface area contributed by atoms with Gasteiger partial charge < -0.3 is 9.80 Å². The minimum absolute atomic E-state index is 0.0156. The number of nitrogens with zero attached hydrogens (tertiary/aromatic N) is 5.